The molecule has 0 atom stereocenters. The van der Waals surface area contributed by atoms with Crippen molar-refractivity contribution in [3.8, 4) is 0 Å². The summed E-state index contributed by atoms with van der Waals surface area (Å²) in [5, 5.41) is 1.79. The van der Waals surface area contributed by atoms with E-state index in [1.807, 2.05) is 6.92 Å². The molecule has 5 nitrogen and oxygen atoms in total. The van der Waals surface area contributed by atoms with Gasteiger partial charge in [0.05, 0.1) is 11.4 Å². The molecule has 24 heavy (non-hydrogen) atoms. The summed E-state index contributed by atoms with van der Waals surface area (Å²) < 4.78 is 6.67. The van der Waals surface area contributed by atoms with Crippen molar-refractivity contribution in [1.82, 2.24) is 9.38 Å². The van der Waals surface area contributed by atoms with Crippen molar-refractivity contribution in [2.75, 3.05) is 5.75 Å². The zero-order valence-corrected chi connectivity index (χ0v) is 14.7. The third kappa shape index (κ3) is 4.24. The average Bonchev–Trinajstić information content (AvgIpc) is 3.04. The second kappa shape index (κ2) is 7.63. The lowest BCUT2D eigenvalue weighted by atomic mass is 10.2. The Morgan fingerprint density at radius 3 is 2.92 bits per heavy atom. The summed E-state index contributed by atoms with van der Waals surface area (Å²) in [6.45, 7) is 2.06. The highest BCUT2D eigenvalue weighted by atomic mass is 32.2. The number of hydrogen-bond donors (Lipinski definition) is 0. The molecule has 0 aliphatic rings. The molecule has 0 unspecified atom stereocenters. The number of benzene rings is 1. The first kappa shape index (κ1) is 16.7. The normalized spacial score (nSPS) is 10.9. The fourth-order valence-electron chi connectivity index (χ4n) is 2.09. The number of aromatic nitrogens is 2. The summed E-state index contributed by atoms with van der Waals surface area (Å²) in [5.41, 5.74) is 2.70. The molecule has 0 aliphatic carbocycles. The lowest BCUT2D eigenvalue weighted by Gasteiger charge is -2.05. The standard InChI is InChI=1S/C17H16N2O3S2/c1-12-2-4-13(5-3-12)10-23-11-16(21)22-9-14-8-15(20)19-6-7-24-17(19)18-14/h2-8H,9-11H2,1H3. The molecule has 0 aliphatic heterocycles. The van der Waals surface area contributed by atoms with Gasteiger partial charge in [0.2, 0.25) is 0 Å². The lowest BCUT2D eigenvalue weighted by molar-refractivity contribution is -0.141. The second-order valence-corrected chi connectivity index (χ2v) is 7.14. The molecule has 2 aromatic heterocycles. The van der Waals surface area contributed by atoms with Gasteiger partial charge in [-0.3, -0.25) is 14.0 Å². The van der Waals surface area contributed by atoms with Crippen molar-refractivity contribution < 1.29 is 9.53 Å². The largest absolute Gasteiger partial charge is 0.459 e. The summed E-state index contributed by atoms with van der Waals surface area (Å²) in [7, 11) is 0. The van der Waals surface area contributed by atoms with Gasteiger partial charge in [0.15, 0.2) is 4.96 Å². The van der Waals surface area contributed by atoms with Crippen molar-refractivity contribution in [1.29, 1.82) is 0 Å². The van der Waals surface area contributed by atoms with Gasteiger partial charge in [-0.15, -0.1) is 23.1 Å². The topological polar surface area (TPSA) is 60.7 Å². The smallest absolute Gasteiger partial charge is 0.316 e. The molecule has 2 heterocycles. The molecule has 0 bridgehead atoms. The van der Waals surface area contributed by atoms with Gasteiger partial charge in [0, 0.05) is 23.4 Å². The van der Waals surface area contributed by atoms with E-state index < -0.39 is 0 Å². The van der Waals surface area contributed by atoms with Gasteiger partial charge in [0.1, 0.15) is 6.61 Å². The number of nitrogens with zero attached hydrogens (tertiary/aromatic N) is 2. The summed E-state index contributed by atoms with van der Waals surface area (Å²) in [6, 6.07) is 9.62. The van der Waals surface area contributed by atoms with Crippen molar-refractivity contribution in [3.05, 3.63) is 69.1 Å². The van der Waals surface area contributed by atoms with E-state index in [4.69, 9.17) is 4.74 Å². The molecule has 3 aromatic rings. The number of carbonyl (C=O) groups is 1. The Kier molecular flexibility index (Phi) is 5.32. The summed E-state index contributed by atoms with van der Waals surface area (Å²) in [4.78, 5) is 28.6. The van der Waals surface area contributed by atoms with Crippen molar-refractivity contribution >= 4 is 34.0 Å². The SMILES string of the molecule is Cc1ccc(CSCC(=O)OCc2cc(=O)n3ccsc3n2)cc1. The van der Waals surface area contributed by atoms with E-state index >= 15 is 0 Å². The van der Waals surface area contributed by atoms with Crippen LogP contribution in [0.15, 0.2) is 46.7 Å². The summed E-state index contributed by atoms with van der Waals surface area (Å²) in [5.74, 6) is 0.727. The molecule has 7 heteroatoms. The predicted octanol–water partition coefficient (Wildman–Crippen LogP) is 3.04. The Hall–Kier alpha value is -2.12. The van der Waals surface area contributed by atoms with Crippen LogP contribution in [0.5, 0.6) is 0 Å². The van der Waals surface area contributed by atoms with Crippen molar-refractivity contribution in [2.45, 2.75) is 19.3 Å². The number of esters is 1. The molecule has 124 valence electrons. The fraction of sp³-hybridized carbons (Fsp3) is 0.235. The molecule has 1 aromatic carbocycles. The predicted molar refractivity (Wildman–Crippen MR) is 96.5 cm³/mol. The monoisotopic (exact) mass is 360 g/mol. The highest BCUT2D eigenvalue weighted by molar-refractivity contribution is 7.99. The van der Waals surface area contributed by atoms with Crippen LogP contribution in [0.3, 0.4) is 0 Å². The van der Waals surface area contributed by atoms with Gasteiger partial charge >= 0.3 is 5.97 Å². The number of ether oxygens (including phenoxy) is 1. The number of aryl methyl sites for hydroxylation is 1. The first-order valence-electron chi connectivity index (χ1n) is 7.36. The number of hydrogen-bond acceptors (Lipinski definition) is 6. The summed E-state index contributed by atoms with van der Waals surface area (Å²) >= 11 is 2.87. The zero-order chi connectivity index (χ0) is 16.9. The highest BCUT2D eigenvalue weighted by Gasteiger charge is 2.07. The van der Waals surface area contributed by atoms with Gasteiger partial charge in [0.25, 0.3) is 5.56 Å². The van der Waals surface area contributed by atoms with E-state index in [9.17, 15) is 9.59 Å². The highest BCUT2D eigenvalue weighted by Crippen LogP contribution is 2.13. The van der Waals surface area contributed by atoms with E-state index in [1.54, 1.807) is 11.6 Å². The zero-order valence-electron chi connectivity index (χ0n) is 13.1. The van der Waals surface area contributed by atoms with Crippen LogP contribution in [0.1, 0.15) is 16.8 Å². The number of rotatable bonds is 6. The molecule has 0 fully saturated rings. The van der Waals surface area contributed by atoms with Gasteiger partial charge in [-0.1, -0.05) is 29.8 Å². The first-order valence-corrected chi connectivity index (χ1v) is 9.40. The number of fused-ring (bicyclic) bond motifs is 1. The van der Waals surface area contributed by atoms with Crippen LogP contribution < -0.4 is 5.56 Å². The van der Waals surface area contributed by atoms with Crippen molar-refractivity contribution in [3.63, 3.8) is 0 Å². The minimum atomic E-state index is -0.305. The Labute approximate surface area is 147 Å². The molecule has 0 N–H and O–H groups in total. The van der Waals surface area contributed by atoms with E-state index in [0.717, 1.165) is 5.75 Å². The minimum absolute atomic E-state index is 0.0214. The Morgan fingerprint density at radius 2 is 2.12 bits per heavy atom. The van der Waals surface area contributed by atoms with Crippen LogP contribution in [0.2, 0.25) is 0 Å². The Balaban J connectivity index is 1.48. The number of thiazole rings is 1. The van der Waals surface area contributed by atoms with Crippen LogP contribution in [0.4, 0.5) is 0 Å². The third-order valence-electron chi connectivity index (χ3n) is 3.35. The Bertz CT molecular complexity index is 900. The van der Waals surface area contributed by atoms with Crippen LogP contribution in [0.25, 0.3) is 4.96 Å². The molecule has 0 saturated carbocycles. The van der Waals surface area contributed by atoms with Gasteiger partial charge < -0.3 is 4.74 Å². The van der Waals surface area contributed by atoms with Gasteiger partial charge in [-0.25, -0.2) is 4.98 Å². The van der Waals surface area contributed by atoms with E-state index in [-0.39, 0.29) is 23.9 Å². The molecule has 0 radical (unpaired) electrons. The molecular weight excluding hydrogens is 344 g/mol. The van der Waals surface area contributed by atoms with Gasteiger partial charge in [-0.05, 0) is 12.5 Å². The maximum Gasteiger partial charge on any atom is 0.316 e. The molecular formula is C17H16N2O3S2. The van der Waals surface area contributed by atoms with Crippen LogP contribution in [-0.2, 0) is 21.9 Å². The average molecular weight is 360 g/mol. The molecule has 0 saturated heterocycles. The third-order valence-corrected chi connectivity index (χ3v) is 5.08. The van der Waals surface area contributed by atoms with Crippen LogP contribution in [0, 0.1) is 6.92 Å². The lowest BCUT2D eigenvalue weighted by Crippen LogP contribution is -2.15. The molecule has 0 spiro atoms. The number of carbonyl (C=O) groups excluding carboxylic acids is 1. The maximum atomic E-state index is 11.8. The first-order chi connectivity index (χ1) is 11.6. The van der Waals surface area contributed by atoms with E-state index in [0.29, 0.717) is 10.7 Å². The van der Waals surface area contributed by atoms with Crippen LogP contribution >= 0.6 is 23.1 Å². The summed E-state index contributed by atoms with van der Waals surface area (Å²) in [6.07, 6.45) is 1.67. The molecule has 0 amide bonds. The quantitative estimate of drug-likeness (QED) is 0.632. The maximum absolute atomic E-state index is 11.8. The van der Waals surface area contributed by atoms with Crippen LogP contribution in [-0.4, -0.2) is 21.1 Å². The second-order valence-electron chi connectivity index (χ2n) is 5.28. The Morgan fingerprint density at radius 1 is 1.33 bits per heavy atom. The molecule has 3 rings (SSSR count). The number of thioether (sulfide) groups is 1. The van der Waals surface area contributed by atoms with Gasteiger partial charge in [-0.2, -0.15) is 0 Å². The van der Waals surface area contributed by atoms with E-state index in [1.165, 1.54) is 44.7 Å². The van der Waals surface area contributed by atoms with Crippen molar-refractivity contribution in [2.24, 2.45) is 0 Å². The fourth-order valence-corrected chi connectivity index (χ4v) is 3.61. The van der Waals surface area contributed by atoms with E-state index in [2.05, 4.69) is 29.2 Å². The minimum Gasteiger partial charge on any atom is -0.459 e.